The van der Waals surface area contributed by atoms with Crippen molar-refractivity contribution in [2.45, 2.75) is 25.3 Å². The number of hydrogen-bond acceptors (Lipinski definition) is 4. The van der Waals surface area contributed by atoms with Crippen LogP contribution in [0.4, 0.5) is 0 Å². The molecule has 0 aliphatic carbocycles. The average Bonchev–Trinajstić information content (AvgIpc) is 2.25. The minimum atomic E-state index is -0.196. The molecule has 1 amide bonds. The Hall–Kier alpha value is -0.650. The van der Waals surface area contributed by atoms with Gasteiger partial charge in [-0.1, -0.05) is 0 Å². The second kappa shape index (κ2) is 6.83. The third-order valence-electron chi connectivity index (χ3n) is 2.65. The van der Waals surface area contributed by atoms with Crippen molar-refractivity contribution in [1.29, 1.82) is 0 Å². The van der Waals surface area contributed by atoms with Crippen LogP contribution in [0.2, 0.25) is 0 Å². The lowest BCUT2D eigenvalue weighted by molar-refractivity contribution is -0.123. The highest BCUT2D eigenvalue weighted by atomic mass is 16.5. The van der Waals surface area contributed by atoms with Gasteiger partial charge < -0.3 is 20.1 Å². The van der Waals surface area contributed by atoms with E-state index in [2.05, 4.69) is 10.6 Å². The third-order valence-corrected chi connectivity index (χ3v) is 2.65. The summed E-state index contributed by atoms with van der Waals surface area (Å²) in [6, 6.07) is 0. The molecule has 0 radical (unpaired) electrons. The van der Waals surface area contributed by atoms with Crippen molar-refractivity contribution in [2.75, 3.05) is 40.0 Å². The summed E-state index contributed by atoms with van der Waals surface area (Å²) in [4.78, 5) is 11.6. The number of amides is 1. The van der Waals surface area contributed by atoms with E-state index in [9.17, 15) is 4.79 Å². The number of hydrogen-bond donors (Lipinski definition) is 2. The van der Waals surface area contributed by atoms with Gasteiger partial charge in [0.15, 0.2) is 0 Å². The van der Waals surface area contributed by atoms with E-state index in [1.807, 2.05) is 6.92 Å². The summed E-state index contributed by atoms with van der Waals surface area (Å²) in [5, 5.41) is 6.02. The molecule has 0 aromatic carbocycles. The first-order valence-electron chi connectivity index (χ1n) is 5.75. The van der Waals surface area contributed by atoms with Gasteiger partial charge in [-0.25, -0.2) is 0 Å². The Bertz CT molecular complexity index is 215. The molecule has 0 bridgehead atoms. The second-order valence-electron chi connectivity index (χ2n) is 4.43. The van der Waals surface area contributed by atoms with Gasteiger partial charge in [-0.3, -0.25) is 4.79 Å². The molecule has 1 heterocycles. The standard InChI is InChI=1S/C11H22N2O3/c1-11(4-3-6-16-9-11)13-10(14)8-12-5-7-15-2/h12H,3-9H2,1-2H3,(H,13,14). The lowest BCUT2D eigenvalue weighted by atomic mass is 9.95. The maximum atomic E-state index is 11.6. The van der Waals surface area contributed by atoms with Crippen LogP contribution in [0.3, 0.4) is 0 Å². The SMILES string of the molecule is COCCNCC(=O)NC1(C)CCCOC1. The van der Waals surface area contributed by atoms with Crippen LogP contribution in [0, 0.1) is 0 Å². The Kier molecular flexibility index (Phi) is 5.73. The van der Waals surface area contributed by atoms with Crippen molar-refractivity contribution in [3.63, 3.8) is 0 Å². The number of methoxy groups -OCH3 is 1. The second-order valence-corrected chi connectivity index (χ2v) is 4.43. The number of carbonyl (C=O) groups excluding carboxylic acids is 1. The van der Waals surface area contributed by atoms with Gasteiger partial charge in [0.25, 0.3) is 0 Å². The Morgan fingerprint density at radius 3 is 3.00 bits per heavy atom. The topological polar surface area (TPSA) is 59.6 Å². The molecule has 1 fully saturated rings. The highest BCUT2D eigenvalue weighted by Crippen LogP contribution is 2.17. The molecule has 1 aliphatic heterocycles. The third kappa shape index (κ3) is 4.92. The van der Waals surface area contributed by atoms with Gasteiger partial charge >= 0.3 is 0 Å². The zero-order valence-electron chi connectivity index (χ0n) is 10.2. The first kappa shape index (κ1) is 13.4. The highest BCUT2D eigenvalue weighted by Gasteiger charge is 2.28. The normalized spacial score (nSPS) is 25.4. The molecule has 1 atom stereocenters. The molecule has 16 heavy (non-hydrogen) atoms. The lowest BCUT2D eigenvalue weighted by Gasteiger charge is -2.34. The predicted octanol–water partition coefficient (Wildman–Crippen LogP) is -0.0923. The molecule has 1 saturated heterocycles. The van der Waals surface area contributed by atoms with E-state index in [1.165, 1.54) is 0 Å². The Morgan fingerprint density at radius 2 is 2.38 bits per heavy atom. The first-order valence-corrected chi connectivity index (χ1v) is 5.75. The number of ether oxygens (including phenoxy) is 2. The summed E-state index contributed by atoms with van der Waals surface area (Å²) in [5.74, 6) is 0.0177. The van der Waals surface area contributed by atoms with E-state index < -0.39 is 0 Å². The Morgan fingerprint density at radius 1 is 1.56 bits per heavy atom. The van der Waals surface area contributed by atoms with Gasteiger partial charge in [0.1, 0.15) is 0 Å². The Balaban J connectivity index is 2.17. The van der Waals surface area contributed by atoms with Crippen LogP contribution < -0.4 is 10.6 Å². The van der Waals surface area contributed by atoms with Gasteiger partial charge in [-0.05, 0) is 19.8 Å². The summed E-state index contributed by atoms with van der Waals surface area (Å²) in [6.45, 7) is 5.08. The van der Waals surface area contributed by atoms with Crippen LogP contribution in [0.1, 0.15) is 19.8 Å². The van der Waals surface area contributed by atoms with Crippen molar-refractivity contribution >= 4 is 5.91 Å². The van der Waals surface area contributed by atoms with Gasteiger partial charge in [0.2, 0.25) is 5.91 Å². The molecule has 5 heteroatoms. The molecule has 94 valence electrons. The van der Waals surface area contributed by atoms with E-state index in [4.69, 9.17) is 9.47 Å². The predicted molar refractivity (Wildman–Crippen MR) is 61.3 cm³/mol. The van der Waals surface area contributed by atoms with Crippen LogP contribution in [-0.4, -0.2) is 51.5 Å². The maximum Gasteiger partial charge on any atom is 0.234 e. The van der Waals surface area contributed by atoms with E-state index >= 15 is 0 Å². The summed E-state index contributed by atoms with van der Waals surface area (Å²) in [5.41, 5.74) is -0.196. The summed E-state index contributed by atoms with van der Waals surface area (Å²) >= 11 is 0. The molecular formula is C11H22N2O3. The van der Waals surface area contributed by atoms with Crippen molar-refractivity contribution in [1.82, 2.24) is 10.6 Å². The molecule has 1 rings (SSSR count). The van der Waals surface area contributed by atoms with Gasteiger partial charge in [-0.2, -0.15) is 0 Å². The van der Waals surface area contributed by atoms with E-state index in [0.717, 1.165) is 19.4 Å². The quantitative estimate of drug-likeness (QED) is 0.626. The minimum Gasteiger partial charge on any atom is -0.383 e. The summed E-state index contributed by atoms with van der Waals surface area (Å²) in [6.07, 6.45) is 1.99. The van der Waals surface area contributed by atoms with E-state index in [0.29, 0.717) is 26.3 Å². The van der Waals surface area contributed by atoms with E-state index in [1.54, 1.807) is 7.11 Å². The number of carbonyl (C=O) groups is 1. The highest BCUT2D eigenvalue weighted by molar-refractivity contribution is 5.78. The Labute approximate surface area is 96.9 Å². The largest absolute Gasteiger partial charge is 0.383 e. The fraction of sp³-hybridized carbons (Fsp3) is 0.909. The van der Waals surface area contributed by atoms with Crippen molar-refractivity contribution in [3.8, 4) is 0 Å². The summed E-state index contributed by atoms with van der Waals surface area (Å²) < 4.78 is 10.3. The van der Waals surface area contributed by atoms with Crippen LogP contribution in [0.5, 0.6) is 0 Å². The molecule has 0 saturated carbocycles. The monoisotopic (exact) mass is 230 g/mol. The van der Waals surface area contributed by atoms with Crippen molar-refractivity contribution in [2.24, 2.45) is 0 Å². The van der Waals surface area contributed by atoms with Gasteiger partial charge in [0.05, 0.1) is 25.3 Å². The molecule has 1 aliphatic rings. The smallest absolute Gasteiger partial charge is 0.234 e. The average molecular weight is 230 g/mol. The molecule has 0 spiro atoms. The molecule has 1 unspecified atom stereocenters. The van der Waals surface area contributed by atoms with Gasteiger partial charge in [0, 0.05) is 20.3 Å². The number of rotatable bonds is 6. The fourth-order valence-corrected chi connectivity index (χ4v) is 1.79. The minimum absolute atomic E-state index is 0.0177. The molecule has 5 nitrogen and oxygen atoms in total. The van der Waals surface area contributed by atoms with E-state index in [-0.39, 0.29) is 11.4 Å². The maximum absolute atomic E-state index is 11.6. The first-order chi connectivity index (χ1) is 7.66. The summed E-state index contributed by atoms with van der Waals surface area (Å²) in [7, 11) is 1.64. The molecule has 2 N–H and O–H groups in total. The zero-order valence-corrected chi connectivity index (χ0v) is 10.2. The molecule has 0 aromatic rings. The van der Waals surface area contributed by atoms with Crippen LogP contribution >= 0.6 is 0 Å². The zero-order chi connectivity index (χ0) is 11.9. The number of nitrogens with one attached hydrogen (secondary N) is 2. The lowest BCUT2D eigenvalue weighted by Crippen LogP contribution is -2.53. The van der Waals surface area contributed by atoms with Crippen LogP contribution in [-0.2, 0) is 14.3 Å². The molecular weight excluding hydrogens is 208 g/mol. The van der Waals surface area contributed by atoms with Crippen LogP contribution in [0.25, 0.3) is 0 Å². The van der Waals surface area contributed by atoms with Gasteiger partial charge in [-0.15, -0.1) is 0 Å². The fourth-order valence-electron chi connectivity index (χ4n) is 1.79. The van der Waals surface area contributed by atoms with Crippen molar-refractivity contribution in [3.05, 3.63) is 0 Å². The van der Waals surface area contributed by atoms with Crippen molar-refractivity contribution < 1.29 is 14.3 Å². The molecule has 0 aromatic heterocycles. The van der Waals surface area contributed by atoms with Crippen LogP contribution in [0.15, 0.2) is 0 Å².